The van der Waals surface area contributed by atoms with Crippen LogP contribution in [0.1, 0.15) is 27.7 Å². The third-order valence-electron chi connectivity index (χ3n) is 4.05. The number of carbonyl (C=O) groups is 1. The van der Waals surface area contributed by atoms with Gasteiger partial charge in [0, 0.05) is 5.57 Å². The molecule has 0 fully saturated rings. The van der Waals surface area contributed by atoms with Gasteiger partial charge in [-0.2, -0.15) is 0 Å². The highest BCUT2D eigenvalue weighted by atomic mass is 28.4. The highest BCUT2D eigenvalue weighted by molar-refractivity contribution is 6.74. The highest BCUT2D eigenvalue weighted by Crippen LogP contribution is 2.36. The van der Waals surface area contributed by atoms with Crippen LogP contribution in [0, 0.1) is 0 Å². The van der Waals surface area contributed by atoms with Gasteiger partial charge in [-0.25, -0.2) is 4.79 Å². The van der Waals surface area contributed by atoms with Crippen LogP contribution in [0.25, 0.3) is 0 Å². The van der Waals surface area contributed by atoms with E-state index in [1.54, 1.807) is 6.92 Å². The number of ether oxygens (including phenoxy) is 4. The minimum absolute atomic E-state index is 0.221. The van der Waals surface area contributed by atoms with Crippen LogP contribution in [-0.2, 0) is 28.2 Å². The van der Waals surface area contributed by atoms with Crippen molar-refractivity contribution >= 4 is 14.3 Å². The Morgan fingerprint density at radius 1 is 0.840 bits per heavy atom. The van der Waals surface area contributed by atoms with Gasteiger partial charge in [0.25, 0.3) is 0 Å². The summed E-state index contributed by atoms with van der Waals surface area (Å²) in [5.41, 5.74) is 0.387. The third-order valence-corrected chi connectivity index (χ3v) is 8.59. The largest absolute Gasteiger partial charge is 0.460 e. The standard InChI is InChI=1S/C18H36O6Si/c1-16(2)17(19)23-14-12-21-10-8-20-9-11-22-13-15-24-25(6,7)18(3,4)5/h1,8-15H2,2-7H3. The predicted molar refractivity (Wildman–Crippen MR) is 101 cm³/mol. The van der Waals surface area contributed by atoms with Crippen molar-refractivity contribution in [2.75, 3.05) is 52.9 Å². The van der Waals surface area contributed by atoms with Crippen molar-refractivity contribution < 1.29 is 28.2 Å². The minimum atomic E-state index is -1.68. The van der Waals surface area contributed by atoms with E-state index in [-0.39, 0.29) is 11.6 Å². The maximum Gasteiger partial charge on any atom is 0.333 e. The van der Waals surface area contributed by atoms with Crippen molar-refractivity contribution in [1.29, 1.82) is 0 Å². The first-order valence-corrected chi connectivity index (χ1v) is 11.7. The summed E-state index contributed by atoms with van der Waals surface area (Å²) < 4.78 is 27.1. The van der Waals surface area contributed by atoms with E-state index in [9.17, 15) is 4.79 Å². The fourth-order valence-corrected chi connectivity index (χ4v) is 2.46. The molecular weight excluding hydrogens is 340 g/mol. The molecule has 0 rings (SSSR count). The molecule has 0 atom stereocenters. The molecule has 0 aromatic carbocycles. The van der Waals surface area contributed by atoms with Gasteiger partial charge in [0.15, 0.2) is 8.32 Å². The van der Waals surface area contributed by atoms with Crippen LogP contribution in [-0.4, -0.2) is 67.1 Å². The van der Waals surface area contributed by atoms with Crippen LogP contribution >= 0.6 is 0 Å². The van der Waals surface area contributed by atoms with Crippen molar-refractivity contribution in [3.8, 4) is 0 Å². The average Bonchev–Trinajstić information content (AvgIpc) is 2.50. The van der Waals surface area contributed by atoms with Crippen molar-refractivity contribution in [1.82, 2.24) is 0 Å². The van der Waals surface area contributed by atoms with Crippen LogP contribution in [0.4, 0.5) is 0 Å². The summed E-state index contributed by atoms with van der Waals surface area (Å²) in [5, 5.41) is 0.221. The van der Waals surface area contributed by atoms with Crippen molar-refractivity contribution in [3.05, 3.63) is 12.2 Å². The maximum atomic E-state index is 11.1. The van der Waals surface area contributed by atoms with Crippen molar-refractivity contribution in [2.45, 2.75) is 45.8 Å². The number of esters is 1. The molecule has 0 amide bonds. The zero-order valence-electron chi connectivity index (χ0n) is 16.8. The van der Waals surface area contributed by atoms with Gasteiger partial charge in [0.05, 0.1) is 46.2 Å². The van der Waals surface area contributed by atoms with E-state index in [0.29, 0.717) is 51.8 Å². The van der Waals surface area contributed by atoms with E-state index in [1.807, 2.05) is 0 Å². The first-order valence-electron chi connectivity index (χ1n) is 8.78. The zero-order valence-corrected chi connectivity index (χ0v) is 17.8. The number of hydrogen-bond acceptors (Lipinski definition) is 6. The molecule has 0 aliphatic carbocycles. The predicted octanol–water partition coefficient (Wildman–Crippen LogP) is 3.18. The molecule has 0 spiro atoms. The van der Waals surface area contributed by atoms with Gasteiger partial charge in [-0.3, -0.25) is 0 Å². The zero-order chi connectivity index (χ0) is 19.3. The molecule has 0 aromatic heterocycles. The Morgan fingerprint density at radius 2 is 1.24 bits per heavy atom. The molecule has 7 heteroatoms. The molecule has 0 aromatic rings. The molecule has 0 bridgehead atoms. The molecule has 0 heterocycles. The van der Waals surface area contributed by atoms with Crippen LogP contribution in [0.3, 0.4) is 0 Å². The summed E-state index contributed by atoms with van der Waals surface area (Å²) in [4.78, 5) is 11.1. The summed E-state index contributed by atoms with van der Waals surface area (Å²) in [5.74, 6) is -0.394. The number of hydrogen-bond donors (Lipinski definition) is 0. The van der Waals surface area contributed by atoms with Gasteiger partial charge in [-0.1, -0.05) is 27.4 Å². The smallest absolute Gasteiger partial charge is 0.333 e. The lowest BCUT2D eigenvalue weighted by Gasteiger charge is -2.36. The Balaban J connectivity index is 3.35. The first kappa shape index (κ1) is 24.3. The molecule has 0 saturated carbocycles. The molecule has 25 heavy (non-hydrogen) atoms. The average molecular weight is 377 g/mol. The number of carbonyl (C=O) groups excluding carboxylic acids is 1. The fraction of sp³-hybridized carbons (Fsp3) is 0.833. The lowest BCUT2D eigenvalue weighted by Crippen LogP contribution is -2.41. The summed E-state index contributed by atoms with van der Waals surface area (Å²) in [7, 11) is -1.68. The first-order chi connectivity index (χ1) is 11.6. The summed E-state index contributed by atoms with van der Waals surface area (Å²) in [6.45, 7) is 20.0. The topological polar surface area (TPSA) is 63.2 Å². The Kier molecular flexibility index (Phi) is 12.2. The van der Waals surface area contributed by atoms with Gasteiger partial charge < -0.3 is 23.4 Å². The molecule has 0 radical (unpaired) electrons. The van der Waals surface area contributed by atoms with Crippen LogP contribution in [0.15, 0.2) is 12.2 Å². The van der Waals surface area contributed by atoms with E-state index in [0.717, 1.165) is 0 Å². The Hall–Kier alpha value is -0.733. The quantitative estimate of drug-likeness (QED) is 0.201. The van der Waals surface area contributed by atoms with E-state index in [2.05, 4.69) is 40.4 Å². The van der Waals surface area contributed by atoms with Crippen molar-refractivity contribution in [2.24, 2.45) is 0 Å². The normalized spacial score (nSPS) is 12.2. The Morgan fingerprint density at radius 3 is 1.64 bits per heavy atom. The molecule has 148 valence electrons. The fourth-order valence-electron chi connectivity index (χ4n) is 1.43. The maximum absolute atomic E-state index is 11.1. The van der Waals surface area contributed by atoms with E-state index >= 15 is 0 Å². The highest BCUT2D eigenvalue weighted by Gasteiger charge is 2.36. The van der Waals surface area contributed by atoms with E-state index in [1.165, 1.54) is 0 Å². The summed E-state index contributed by atoms with van der Waals surface area (Å²) in [6, 6.07) is 0. The lowest BCUT2D eigenvalue weighted by molar-refractivity contribution is -0.140. The minimum Gasteiger partial charge on any atom is -0.460 e. The van der Waals surface area contributed by atoms with Gasteiger partial charge >= 0.3 is 5.97 Å². The number of rotatable bonds is 14. The summed E-state index contributed by atoms with van der Waals surface area (Å²) >= 11 is 0. The molecule has 0 aliphatic rings. The molecular formula is C18H36O6Si. The van der Waals surface area contributed by atoms with Gasteiger partial charge in [-0.05, 0) is 25.1 Å². The second kappa shape index (κ2) is 12.6. The van der Waals surface area contributed by atoms with Crippen LogP contribution in [0.2, 0.25) is 18.1 Å². The van der Waals surface area contributed by atoms with Crippen LogP contribution < -0.4 is 0 Å². The SMILES string of the molecule is C=C(C)C(=O)OCCOCCOCCOCCO[Si](C)(C)C(C)(C)C. The molecule has 0 unspecified atom stereocenters. The molecule has 0 saturated heterocycles. The monoisotopic (exact) mass is 376 g/mol. The van der Waals surface area contributed by atoms with Crippen molar-refractivity contribution in [3.63, 3.8) is 0 Å². The van der Waals surface area contributed by atoms with Crippen LogP contribution in [0.5, 0.6) is 0 Å². The van der Waals surface area contributed by atoms with Gasteiger partial charge in [-0.15, -0.1) is 0 Å². The molecule has 0 N–H and O–H groups in total. The van der Waals surface area contributed by atoms with E-state index < -0.39 is 14.3 Å². The lowest BCUT2D eigenvalue weighted by atomic mass is 10.2. The van der Waals surface area contributed by atoms with Gasteiger partial charge in [0.2, 0.25) is 0 Å². The summed E-state index contributed by atoms with van der Waals surface area (Å²) in [6.07, 6.45) is 0. The second-order valence-corrected chi connectivity index (χ2v) is 12.2. The third kappa shape index (κ3) is 12.3. The molecule has 6 nitrogen and oxygen atoms in total. The van der Waals surface area contributed by atoms with E-state index in [4.69, 9.17) is 23.4 Å². The second-order valence-electron chi connectivity index (χ2n) is 7.36. The molecule has 0 aliphatic heterocycles. The Bertz CT molecular complexity index is 390. The van der Waals surface area contributed by atoms with Gasteiger partial charge in [0.1, 0.15) is 6.61 Å². The Labute approximate surface area is 153 Å².